The number of rotatable bonds is 8. The van der Waals surface area contributed by atoms with E-state index in [1.54, 1.807) is 0 Å². The first kappa shape index (κ1) is 17.3. The lowest BCUT2D eigenvalue weighted by Gasteiger charge is -2.46. The second-order valence-electron chi connectivity index (χ2n) is 6.86. The van der Waals surface area contributed by atoms with Gasteiger partial charge in [-0.15, -0.1) is 6.58 Å². The average Bonchev–Trinajstić information content (AvgIpc) is 2.57. The summed E-state index contributed by atoms with van der Waals surface area (Å²) in [6.07, 6.45) is 19.5. The molecule has 0 amide bonds. The molecule has 0 aromatic rings. The first-order valence-electron chi connectivity index (χ1n) is 8.89. The molecule has 0 bridgehead atoms. The summed E-state index contributed by atoms with van der Waals surface area (Å²) < 4.78 is 11.8. The second kappa shape index (κ2) is 9.19. The van der Waals surface area contributed by atoms with Crippen LogP contribution in [0.1, 0.15) is 51.9 Å². The lowest BCUT2D eigenvalue weighted by molar-refractivity contribution is -0.0532. The van der Waals surface area contributed by atoms with E-state index >= 15 is 0 Å². The van der Waals surface area contributed by atoms with Crippen LogP contribution in [0, 0.1) is 17.3 Å². The highest BCUT2D eigenvalue weighted by molar-refractivity contribution is 5.05. The molecule has 0 saturated heterocycles. The minimum atomic E-state index is 0.124. The summed E-state index contributed by atoms with van der Waals surface area (Å²) in [6.45, 7) is 7.94. The summed E-state index contributed by atoms with van der Waals surface area (Å²) in [5.74, 6) is 1.52. The molecule has 2 aliphatic carbocycles. The van der Waals surface area contributed by atoms with E-state index in [1.807, 2.05) is 25.3 Å². The van der Waals surface area contributed by atoms with Crippen LogP contribution in [0.2, 0.25) is 0 Å². The summed E-state index contributed by atoms with van der Waals surface area (Å²) in [5.41, 5.74) is 0.124. The van der Waals surface area contributed by atoms with E-state index in [0.717, 1.165) is 25.6 Å². The fourth-order valence-electron chi connectivity index (χ4n) is 4.22. The van der Waals surface area contributed by atoms with E-state index in [2.05, 4.69) is 18.7 Å². The van der Waals surface area contributed by atoms with E-state index in [4.69, 9.17) is 9.47 Å². The zero-order valence-electron chi connectivity index (χ0n) is 14.1. The van der Waals surface area contributed by atoms with Crippen molar-refractivity contribution in [2.24, 2.45) is 17.3 Å². The molecule has 0 aromatic heterocycles. The molecule has 0 radical (unpaired) electrons. The maximum atomic E-state index is 5.92. The van der Waals surface area contributed by atoms with Crippen molar-refractivity contribution in [3.05, 3.63) is 37.1 Å². The molecule has 0 N–H and O–H groups in total. The van der Waals surface area contributed by atoms with Gasteiger partial charge in [0.05, 0.1) is 26.1 Å². The van der Waals surface area contributed by atoms with Gasteiger partial charge in [0.15, 0.2) is 0 Å². The van der Waals surface area contributed by atoms with Crippen molar-refractivity contribution in [3.63, 3.8) is 0 Å². The zero-order valence-corrected chi connectivity index (χ0v) is 14.1. The Hall–Kier alpha value is -1.02. The molecule has 2 unspecified atom stereocenters. The third-order valence-electron chi connectivity index (χ3n) is 5.31. The van der Waals surface area contributed by atoms with Crippen molar-refractivity contribution >= 4 is 0 Å². The lowest BCUT2D eigenvalue weighted by Crippen LogP contribution is -2.44. The molecule has 0 heterocycles. The molecule has 2 aliphatic rings. The van der Waals surface area contributed by atoms with E-state index in [0.29, 0.717) is 12.5 Å². The van der Waals surface area contributed by atoms with Crippen LogP contribution in [0.25, 0.3) is 0 Å². The summed E-state index contributed by atoms with van der Waals surface area (Å²) in [7, 11) is 0. The van der Waals surface area contributed by atoms with Crippen LogP contribution in [-0.2, 0) is 9.47 Å². The molecule has 2 heteroatoms. The molecule has 0 aromatic carbocycles. The SMILES string of the molecule is C=CCOCC1(COC=CC)CC=CCC1C1CCCCC1. The van der Waals surface area contributed by atoms with Crippen LogP contribution in [0.15, 0.2) is 37.1 Å². The fraction of sp³-hybridized carbons (Fsp3) is 0.700. The van der Waals surface area contributed by atoms with Crippen molar-refractivity contribution in [2.75, 3.05) is 19.8 Å². The molecule has 0 spiro atoms. The Balaban J connectivity index is 2.12. The van der Waals surface area contributed by atoms with Crippen molar-refractivity contribution in [1.82, 2.24) is 0 Å². The Labute approximate surface area is 136 Å². The first-order valence-corrected chi connectivity index (χ1v) is 8.89. The largest absolute Gasteiger partial charge is 0.501 e. The second-order valence-corrected chi connectivity index (χ2v) is 6.86. The van der Waals surface area contributed by atoms with Crippen LogP contribution in [-0.4, -0.2) is 19.8 Å². The summed E-state index contributed by atoms with van der Waals surface area (Å²) >= 11 is 0. The van der Waals surface area contributed by atoms with Crippen LogP contribution in [0.3, 0.4) is 0 Å². The predicted octanol–water partition coefficient (Wildman–Crippen LogP) is 5.27. The number of hydrogen-bond donors (Lipinski definition) is 0. The highest BCUT2D eigenvalue weighted by Gasteiger charge is 2.44. The molecule has 0 aliphatic heterocycles. The molecule has 22 heavy (non-hydrogen) atoms. The van der Waals surface area contributed by atoms with Crippen LogP contribution in [0.5, 0.6) is 0 Å². The van der Waals surface area contributed by atoms with Gasteiger partial charge in [0, 0.05) is 5.41 Å². The molecular formula is C20H32O2. The standard InChI is InChI=1S/C20H32O2/c1-3-14-21-16-20(17-22-15-4-2)13-9-8-12-19(20)18-10-6-5-7-11-18/h3-4,8-9,15,18-19H,1,5-7,10-14,16-17H2,2H3. The van der Waals surface area contributed by atoms with Gasteiger partial charge in [-0.2, -0.15) is 0 Å². The number of ether oxygens (including phenoxy) is 2. The Morgan fingerprint density at radius 2 is 2.00 bits per heavy atom. The van der Waals surface area contributed by atoms with Gasteiger partial charge < -0.3 is 9.47 Å². The highest BCUT2D eigenvalue weighted by Crippen LogP contribution is 2.47. The van der Waals surface area contributed by atoms with Gasteiger partial charge in [-0.05, 0) is 31.6 Å². The van der Waals surface area contributed by atoms with Gasteiger partial charge >= 0.3 is 0 Å². The van der Waals surface area contributed by atoms with Gasteiger partial charge in [0.1, 0.15) is 0 Å². The van der Waals surface area contributed by atoms with Crippen molar-refractivity contribution in [1.29, 1.82) is 0 Å². The van der Waals surface area contributed by atoms with Crippen LogP contribution >= 0.6 is 0 Å². The van der Waals surface area contributed by atoms with E-state index < -0.39 is 0 Å². The maximum absolute atomic E-state index is 5.92. The molecule has 124 valence electrons. The van der Waals surface area contributed by atoms with Crippen LogP contribution < -0.4 is 0 Å². The molecule has 1 fully saturated rings. The van der Waals surface area contributed by atoms with E-state index in [1.165, 1.54) is 38.5 Å². The van der Waals surface area contributed by atoms with E-state index in [-0.39, 0.29) is 5.41 Å². The maximum Gasteiger partial charge on any atom is 0.0957 e. The summed E-state index contributed by atoms with van der Waals surface area (Å²) in [4.78, 5) is 0. The first-order chi connectivity index (χ1) is 10.8. The van der Waals surface area contributed by atoms with Gasteiger partial charge in [-0.1, -0.05) is 56.4 Å². The van der Waals surface area contributed by atoms with Gasteiger partial charge in [0.2, 0.25) is 0 Å². The third kappa shape index (κ3) is 4.49. The van der Waals surface area contributed by atoms with Crippen molar-refractivity contribution in [3.8, 4) is 0 Å². The van der Waals surface area contributed by atoms with Crippen molar-refractivity contribution in [2.45, 2.75) is 51.9 Å². The van der Waals surface area contributed by atoms with Gasteiger partial charge in [0.25, 0.3) is 0 Å². The number of allylic oxidation sites excluding steroid dienone is 3. The summed E-state index contributed by atoms with van der Waals surface area (Å²) in [5, 5.41) is 0. The molecular weight excluding hydrogens is 272 g/mol. The fourth-order valence-corrected chi connectivity index (χ4v) is 4.22. The predicted molar refractivity (Wildman–Crippen MR) is 92.7 cm³/mol. The Morgan fingerprint density at radius 3 is 2.73 bits per heavy atom. The molecule has 2 rings (SSSR count). The molecule has 1 saturated carbocycles. The Kier molecular flexibility index (Phi) is 7.24. The molecule has 2 nitrogen and oxygen atoms in total. The van der Waals surface area contributed by atoms with Crippen molar-refractivity contribution < 1.29 is 9.47 Å². The highest BCUT2D eigenvalue weighted by atomic mass is 16.5. The quantitative estimate of drug-likeness (QED) is 0.345. The lowest BCUT2D eigenvalue weighted by atomic mass is 9.61. The Morgan fingerprint density at radius 1 is 1.18 bits per heavy atom. The smallest absolute Gasteiger partial charge is 0.0957 e. The van der Waals surface area contributed by atoms with E-state index in [9.17, 15) is 0 Å². The van der Waals surface area contributed by atoms with Gasteiger partial charge in [-0.3, -0.25) is 0 Å². The minimum Gasteiger partial charge on any atom is -0.501 e. The monoisotopic (exact) mass is 304 g/mol. The minimum absolute atomic E-state index is 0.124. The van der Waals surface area contributed by atoms with Crippen LogP contribution in [0.4, 0.5) is 0 Å². The topological polar surface area (TPSA) is 18.5 Å². The molecule has 2 atom stereocenters. The third-order valence-corrected chi connectivity index (χ3v) is 5.31. The average molecular weight is 304 g/mol. The summed E-state index contributed by atoms with van der Waals surface area (Å²) in [6, 6.07) is 0. The van der Waals surface area contributed by atoms with Gasteiger partial charge in [-0.25, -0.2) is 0 Å². The normalized spacial score (nSPS) is 29.8. The zero-order chi connectivity index (χ0) is 15.7. The number of hydrogen-bond acceptors (Lipinski definition) is 2. The Bertz CT molecular complexity index is 379.